The number of nitrogens with one attached hydrogen (secondary N) is 1. The monoisotopic (exact) mass is 501 g/mol. The number of nitrogens with zero attached hydrogens (tertiary/aromatic N) is 2. The Morgan fingerprint density at radius 2 is 1.67 bits per heavy atom. The van der Waals surface area contributed by atoms with Gasteiger partial charge in [-0.05, 0) is 56.2 Å². The van der Waals surface area contributed by atoms with Crippen molar-refractivity contribution in [3.8, 4) is 0 Å². The number of amides is 2. The second-order valence-electron chi connectivity index (χ2n) is 9.41. The summed E-state index contributed by atoms with van der Waals surface area (Å²) < 4.78 is 2.26. The van der Waals surface area contributed by atoms with Crippen LogP contribution in [0.25, 0.3) is 10.9 Å². The van der Waals surface area contributed by atoms with Crippen LogP contribution in [0.1, 0.15) is 36.7 Å². The van der Waals surface area contributed by atoms with Crippen LogP contribution in [0.2, 0.25) is 5.02 Å². The Morgan fingerprint density at radius 3 is 2.36 bits per heavy atom. The van der Waals surface area contributed by atoms with Crippen molar-refractivity contribution in [1.29, 1.82) is 0 Å². The van der Waals surface area contributed by atoms with Crippen LogP contribution in [0.4, 0.5) is 5.69 Å². The molecule has 0 bridgehead atoms. The van der Waals surface area contributed by atoms with Gasteiger partial charge in [0.2, 0.25) is 11.8 Å². The summed E-state index contributed by atoms with van der Waals surface area (Å²) in [5, 5.41) is 4.66. The molecule has 1 atom stereocenters. The lowest BCUT2D eigenvalue weighted by atomic mass is 10.0. The molecule has 6 heteroatoms. The molecule has 0 aliphatic heterocycles. The van der Waals surface area contributed by atoms with Crippen LogP contribution in [-0.4, -0.2) is 29.5 Å². The van der Waals surface area contributed by atoms with Crippen LogP contribution >= 0.6 is 11.6 Å². The summed E-state index contributed by atoms with van der Waals surface area (Å²) in [6.45, 7) is 6.34. The predicted molar refractivity (Wildman–Crippen MR) is 148 cm³/mol. The highest BCUT2D eigenvalue weighted by atomic mass is 35.5. The van der Waals surface area contributed by atoms with Crippen LogP contribution in [-0.2, 0) is 22.4 Å². The van der Waals surface area contributed by atoms with E-state index in [0.717, 1.165) is 27.7 Å². The first-order valence-electron chi connectivity index (χ1n) is 12.2. The zero-order chi connectivity index (χ0) is 25.8. The third kappa shape index (κ3) is 5.47. The summed E-state index contributed by atoms with van der Waals surface area (Å²) in [5.74, 6) is -0.380. The fourth-order valence-corrected chi connectivity index (χ4v) is 5.03. The molecule has 1 aromatic heterocycles. The molecule has 0 radical (unpaired) electrons. The quantitative estimate of drug-likeness (QED) is 0.316. The van der Waals surface area contributed by atoms with Gasteiger partial charge in [-0.25, -0.2) is 0 Å². The van der Waals surface area contributed by atoms with Gasteiger partial charge in [-0.2, -0.15) is 0 Å². The molecule has 2 amide bonds. The molecule has 0 aliphatic carbocycles. The van der Waals surface area contributed by atoms with Crippen molar-refractivity contribution in [3.63, 3.8) is 0 Å². The zero-order valence-corrected chi connectivity index (χ0v) is 21.9. The zero-order valence-electron chi connectivity index (χ0n) is 21.2. The van der Waals surface area contributed by atoms with E-state index in [1.54, 1.807) is 30.1 Å². The highest BCUT2D eigenvalue weighted by molar-refractivity contribution is 6.30. The first kappa shape index (κ1) is 25.5. The molecule has 0 aliphatic rings. The Labute approximate surface area is 217 Å². The molecule has 0 saturated carbocycles. The standard InChI is InChI=1S/C30H32ClN3O2/c1-20(2)34-21(3)26(25-15-8-9-16-28(25)34)19-29(35)32-27(17-22-11-6-5-7-12-22)30(36)33(4)24-14-10-13-23(31)18-24/h5-16,18,20,27H,17,19H2,1-4H3,(H,32,35)/t27-/m0/s1. The number of aromatic nitrogens is 1. The Bertz CT molecular complexity index is 1380. The highest BCUT2D eigenvalue weighted by Gasteiger charge is 2.26. The minimum atomic E-state index is -0.720. The van der Waals surface area contributed by atoms with Crippen molar-refractivity contribution in [1.82, 2.24) is 9.88 Å². The molecule has 1 heterocycles. The molecule has 1 N–H and O–H groups in total. The highest BCUT2D eigenvalue weighted by Crippen LogP contribution is 2.29. The molecule has 36 heavy (non-hydrogen) atoms. The van der Waals surface area contributed by atoms with E-state index < -0.39 is 6.04 Å². The average molecular weight is 502 g/mol. The Morgan fingerprint density at radius 1 is 0.972 bits per heavy atom. The van der Waals surface area contributed by atoms with E-state index in [1.165, 1.54) is 0 Å². The van der Waals surface area contributed by atoms with E-state index >= 15 is 0 Å². The second-order valence-corrected chi connectivity index (χ2v) is 9.85. The van der Waals surface area contributed by atoms with E-state index in [9.17, 15) is 9.59 Å². The van der Waals surface area contributed by atoms with Gasteiger partial charge in [-0.15, -0.1) is 0 Å². The Hall–Kier alpha value is -3.57. The normalized spacial score (nSPS) is 12.1. The van der Waals surface area contributed by atoms with Crippen molar-refractivity contribution in [2.75, 3.05) is 11.9 Å². The molecule has 4 aromatic rings. The molecule has 0 spiro atoms. The topological polar surface area (TPSA) is 54.3 Å². The SMILES string of the molecule is Cc1c(CC(=O)N[C@@H](Cc2ccccc2)C(=O)N(C)c2cccc(Cl)c2)c2ccccc2n1C(C)C. The number of benzene rings is 3. The first-order valence-corrected chi connectivity index (χ1v) is 12.6. The van der Waals surface area contributed by atoms with Crippen LogP contribution in [0.3, 0.4) is 0 Å². The molecule has 3 aromatic carbocycles. The number of likely N-dealkylation sites (N-methyl/N-ethyl adjacent to an activating group) is 1. The van der Waals surface area contributed by atoms with Gasteiger partial charge < -0.3 is 14.8 Å². The van der Waals surface area contributed by atoms with Crippen molar-refractivity contribution in [2.24, 2.45) is 0 Å². The lowest BCUT2D eigenvalue weighted by Crippen LogP contribution is -2.49. The predicted octanol–water partition coefficient (Wildman–Crippen LogP) is 6.12. The lowest BCUT2D eigenvalue weighted by Gasteiger charge is -2.25. The minimum absolute atomic E-state index is 0.182. The molecule has 0 saturated heterocycles. The maximum absolute atomic E-state index is 13.6. The Kier molecular flexibility index (Phi) is 7.80. The van der Waals surface area contributed by atoms with E-state index in [0.29, 0.717) is 17.1 Å². The largest absolute Gasteiger partial charge is 0.344 e. The van der Waals surface area contributed by atoms with Gasteiger partial charge in [-0.1, -0.05) is 66.2 Å². The van der Waals surface area contributed by atoms with Gasteiger partial charge in [0.05, 0.1) is 6.42 Å². The number of carbonyl (C=O) groups excluding carboxylic acids is 2. The van der Waals surface area contributed by atoms with Crippen LogP contribution in [0, 0.1) is 6.92 Å². The maximum atomic E-state index is 13.6. The number of fused-ring (bicyclic) bond motifs is 1. The second kappa shape index (κ2) is 11.0. The van der Waals surface area contributed by atoms with E-state index in [1.807, 2.05) is 48.5 Å². The molecule has 0 unspecified atom stereocenters. The summed E-state index contributed by atoms with van der Waals surface area (Å²) >= 11 is 6.15. The summed E-state index contributed by atoms with van der Waals surface area (Å²) in [7, 11) is 1.71. The van der Waals surface area contributed by atoms with Crippen molar-refractivity contribution >= 4 is 40.0 Å². The van der Waals surface area contributed by atoms with Crippen molar-refractivity contribution in [3.05, 3.63) is 101 Å². The van der Waals surface area contributed by atoms with Crippen LogP contribution < -0.4 is 10.2 Å². The number of hydrogen-bond acceptors (Lipinski definition) is 2. The molecule has 5 nitrogen and oxygen atoms in total. The summed E-state index contributed by atoms with van der Waals surface area (Å²) in [6.07, 6.45) is 0.592. The van der Waals surface area contributed by atoms with Crippen LogP contribution in [0.5, 0.6) is 0 Å². The molecular weight excluding hydrogens is 470 g/mol. The molecule has 0 fully saturated rings. The third-order valence-corrected chi connectivity index (χ3v) is 6.82. The average Bonchev–Trinajstić information content (AvgIpc) is 3.14. The fraction of sp³-hybridized carbons (Fsp3) is 0.267. The third-order valence-electron chi connectivity index (χ3n) is 6.58. The summed E-state index contributed by atoms with van der Waals surface area (Å²) in [4.78, 5) is 28.5. The smallest absolute Gasteiger partial charge is 0.249 e. The van der Waals surface area contributed by atoms with Crippen LogP contribution in [0.15, 0.2) is 78.9 Å². The Balaban J connectivity index is 1.61. The van der Waals surface area contributed by atoms with E-state index in [2.05, 4.69) is 42.8 Å². The van der Waals surface area contributed by atoms with Crippen molar-refractivity contribution < 1.29 is 9.59 Å². The number of para-hydroxylation sites is 1. The summed E-state index contributed by atoms with van der Waals surface area (Å²) in [5.41, 5.74) is 4.83. The first-order chi connectivity index (χ1) is 17.3. The molecule has 4 rings (SSSR count). The van der Waals surface area contributed by atoms with Gasteiger partial charge in [0, 0.05) is 46.8 Å². The van der Waals surface area contributed by atoms with E-state index in [4.69, 9.17) is 11.6 Å². The number of anilines is 1. The van der Waals surface area contributed by atoms with E-state index in [-0.39, 0.29) is 24.3 Å². The van der Waals surface area contributed by atoms with Gasteiger partial charge in [0.15, 0.2) is 0 Å². The van der Waals surface area contributed by atoms with Gasteiger partial charge >= 0.3 is 0 Å². The number of rotatable bonds is 8. The van der Waals surface area contributed by atoms with Gasteiger partial charge in [-0.3, -0.25) is 9.59 Å². The van der Waals surface area contributed by atoms with Gasteiger partial charge in [0.25, 0.3) is 0 Å². The van der Waals surface area contributed by atoms with Crippen molar-refractivity contribution in [2.45, 2.75) is 45.7 Å². The molecular formula is C30H32ClN3O2. The maximum Gasteiger partial charge on any atom is 0.249 e. The lowest BCUT2D eigenvalue weighted by molar-refractivity contribution is -0.127. The number of carbonyl (C=O) groups is 2. The molecule has 186 valence electrons. The number of halogens is 1. The fourth-order valence-electron chi connectivity index (χ4n) is 4.85. The number of hydrogen-bond donors (Lipinski definition) is 1. The van der Waals surface area contributed by atoms with Gasteiger partial charge in [0.1, 0.15) is 6.04 Å². The minimum Gasteiger partial charge on any atom is -0.344 e. The summed E-state index contributed by atoms with van der Waals surface area (Å²) in [6, 6.07) is 24.6.